The molecule has 0 saturated heterocycles. The Kier molecular flexibility index (Phi) is 3.35. The average molecular weight is 286 g/mol. The van der Waals surface area contributed by atoms with Crippen LogP contribution in [0.5, 0.6) is 5.75 Å². The number of hydrogen-bond acceptors (Lipinski definition) is 4. The summed E-state index contributed by atoms with van der Waals surface area (Å²) in [6, 6.07) is 9.26. The fraction of sp³-hybridized carbons (Fsp3) is 0.200. The van der Waals surface area contributed by atoms with Crippen molar-refractivity contribution in [2.75, 3.05) is 6.61 Å². The Bertz CT molecular complexity index is 788. The molecule has 2 aromatic heterocycles. The molecule has 0 bridgehead atoms. The van der Waals surface area contributed by atoms with Crippen molar-refractivity contribution in [3.05, 3.63) is 48.0 Å². The van der Waals surface area contributed by atoms with Crippen LogP contribution in [0.15, 0.2) is 41.1 Å². The highest BCUT2D eigenvalue weighted by atomic mass is 16.5. The Morgan fingerprint density at radius 1 is 1.38 bits per heavy atom. The maximum Gasteiger partial charge on any atom is 0.358 e. The van der Waals surface area contributed by atoms with Crippen molar-refractivity contribution >= 4 is 16.9 Å². The van der Waals surface area contributed by atoms with Crippen molar-refractivity contribution in [2.45, 2.75) is 13.5 Å². The lowest BCUT2D eigenvalue weighted by Crippen LogP contribution is -1.97. The summed E-state index contributed by atoms with van der Waals surface area (Å²) in [7, 11) is 0. The van der Waals surface area contributed by atoms with Gasteiger partial charge in [-0.25, -0.2) is 4.79 Å². The molecule has 108 valence electrons. The molecule has 0 atom stereocenters. The van der Waals surface area contributed by atoms with Gasteiger partial charge in [0, 0.05) is 23.2 Å². The molecule has 0 spiro atoms. The van der Waals surface area contributed by atoms with Crippen molar-refractivity contribution in [1.29, 1.82) is 0 Å². The van der Waals surface area contributed by atoms with E-state index in [-0.39, 0.29) is 5.69 Å². The number of carboxylic acid groups (broad SMARTS) is 1. The first kappa shape index (κ1) is 13.2. The van der Waals surface area contributed by atoms with Crippen molar-refractivity contribution < 1.29 is 19.2 Å². The van der Waals surface area contributed by atoms with E-state index in [1.54, 1.807) is 0 Å². The average Bonchev–Trinajstić information content (AvgIpc) is 3.07. The Morgan fingerprint density at radius 3 is 2.95 bits per heavy atom. The maximum absolute atomic E-state index is 10.8. The van der Waals surface area contributed by atoms with E-state index in [1.807, 2.05) is 42.0 Å². The molecule has 1 aromatic carbocycles. The third-order valence-electron chi connectivity index (χ3n) is 3.16. The number of ether oxygens (including phenoxy) is 1. The predicted molar refractivity (Wildman–Crippen MR) is 75.7 cm³/mol. The molecule has 6 heteroatoms. The van der Waals surface area contributed by atoms with E-state index in [0.29, 0.717) is 18.9 Å². The zero-order valence-corrected chi connectivity index (χ0v) is 11.4. The van der Waals surface area contributed by atoms with E-state index in [4.69, 9.17) is 14.4 Å². The highest BCUT2D eigenvalue weighted by Crippen LogP contribution is 2.23. The van der Waals surface area contributed by atoms with Crippen LogP contribution in [0.2, 0.25) is 0 Å². The molecule has 0 saturated carbocycles. The van der Waals surface area contributed by atoms with Crippen molar-refractivity contribution in [1.82, 2.24) is 9.72 Å². The second-order valence-electron chi connectivity index (χ2n) is 4.58. The molecule has 0 radical (unpaired) electrons. The summed E-state index contributed by atoms with van der Waals surface area (Å²) in [5.74, 6) is 0.234. The smallest absolute Gasteiger partial charge is 0.358 e. The maximum atomic E-state index is 10.8. The van der Waals surface area contributed by atoms with Gasteiger partial charge in [-0.05, 0) is 31.2 Å². The minimum Gasteiger partial charge on any atom is -0.494 e. The molecule has 2 heterocycles. The van der Waals surface area contributed by atoms with Gasteiger partial charge < -0.3 is 18.9 Å². The molecular weight excluding hydrogens is 272 g/mol. The van der Waals surface area contributed by atoms with Gasteiger partial charge >= 0.3 is 5.97 Å². The zero-order chi connectivity index (χ0) is 14.8. The molecule has 0 aliphatic heterocycles. The molecule has 0 fully saturated rings. The molecule has 3 aromatic rings. The van der Waals surface area contributed by atoms with Gasteiger partial charge in [0.05, 0.1) is 13.2 Å². The van der Waals surface area contributed by atoms with Crippen LogP contribution >= 0.6 is 0 Å². The summed E-state index contributed by atoms with van der Waals surface area (Å²) < 4.78 is 12.5. The second kappa shape index (κ2) is 5.32. The standard InChI is InChI=1S/C15H14N2O4/c1-2-20-11-3-4-14-10(7-11)5-6-17(14)9-12-8-13(15(18)19)16-21-12/h3-8H,2,9H2,1H3,(H,18,19). The third-order valence-corrected chi connectivity index (χ3v) is 3.16. The van der Waals surface area contributed by atoms with Gasteiger partial charge in [-0.3, -0.25) is 0 Å². The van der Waals surface area contributed by atoms with E-state index < -0.39 is 5.97 Å². The van der Waals surface area contributed by atoms with E-state index >= 15 is 0 Å². The van der Waals surface area contributed by atoms with Gasteiger partial charge in [0.2, 0.25) is 0 Å². The molecule has 21 heavy (non-hydrogen) atoms. The minimum absolute atomic E-state index is 0.0832. The first-order valence-electron chi connectivity index (χ1n) is 6.58. The SMILES string of the molecule is CCOc1ccc2c(ccn2Cc2cc(C(=O)O)no2)c1. The predicted octanol–water partition coefficient (Wildman–Crippen LogP) is 2.77. The Hall–Kier alpha value is -2.76. The lowest BCUT2D eigenvalue weighted by Gasteiger charge is -2.05. The molecule has 0 unspecified atom stereocenters. The van der Waals surface area contributed by atoms with Crippen LogP contribution in [0.3, 0.4) is 0 Å². The molecule has 3 rings (SSSR count). The Morgan fingerprint density at radius 2 is 2.24 bits per heavy atom. The van der Waals surface area contributed by atoms with Gasteiger partial charge in [-0.2, -0.15) is 0 Å². The topological polar surface area (TPSA) is 77.5 Å². The van der Waals surface area contributed by atoms with Gasteiger partial charge in [0.1, 0.15) is 5.75 Å². The lowest BCUT2D eigenvalue weighted by atomic mass is 10.2. The molecule has 0 amide bonds. The fourth-order valence-electron chi connectivity index (χ4n) is 2.23. The highest BCUT2D eigenvalue weighted by molar-refractivity contribution is 5.85. The number of hydrogen-bond donors (Lipinski definition) is 1. The Labute approximate surface area is 120 Å². The van der Waals surface area contributed by atoms with Gasteiger partial charge in [-0.1, -0.05) is 5.16 Å². The third kappa shape index (κ3) is 2.60. The van der Waals surface area contributed by atoms with E-state index in [1.165, 1.54) is 6.07 Å². The van der Waals surface area contributed by atoms with Crippen LogP contribution in [-0.2, 0) is 6.54 Å². The molecular formula is C15H14N2O4. The van der Waals surface area contributed by atoms with Gasteiger partial charge in [0.15, 0.2) is 11.5 Å². The Balaban J connectivity index is 1.88. The van der Waals surface area contributed by atoms with Crippen LogP contribution in [0.4, 0.5) is 0 Å². The first-order chi connectivity index (χ1) is 10.2. The van der Waals surface area contributed by atoms with Crippen molar-refractivity contribution in [2.24, 2.45) is 0 Å². The number of benzene rings is 1. The van der Waals surface area contributed by atoms with Crippen molar-refractivity contribution in [3.8, 4) is 5.75 Å². The number of fused-ring (bicyclic) bond motifs is 1. The monoisotopic (exact) mass is 286 g/mol. The first-order valence-corrected chi connectivity index (χ1v) is 6.58. The number of aromatic carboxylic acids is 1. The largest absolute Gasteiger partial charge is 0.494 e. The van der Waals surface area contributed by atoms with E-state index in [2.05, 4.69) is 5.16 Å². The van der Waals surface area contributed by atoms with Gasteiger partial charge in [-0.15, -0.1) is 0 Å². The summed E-state index contributed by atoms with van der Waals surface area (Å²) in [4.78, 5) is 10.8. The van der Waals surface area contributed by atoms with Crippen molar-refractivity contribution in [3.63, 3.8) is 0 Å². The van der Waals surface area contributed by atoms with E-state index in [9.17, 15) is 4.79 Å². The van der Waals surface area contributed by atoms with Crippen LogP contribution in [0.25, 0.3) is 10.9 Å². The molecule has 0 aliphatic carbocycles. The van der Waals surface area contributed by atoms with Crippen LogP contribution in [0, 0.1) is 0 Å². The summed E-state index contributed by atoms with van der Waals surface area (Å²) in [6.45, 7) is 3.00. The molecule has 0 aliphatic rings. The van der Waals surface area contributed by atoms with Crippen LogP contribution in [0.1, 0.15) is 23.2 Å². The zero-order valence-electron chi connectivity index (χ0n) is 11.4. The quantitative estimate of drug-likeness (QED) is 0.780. The normalized spacial score (nSPS) is 10.9. The highest BCUT2D eigenvalue weighted by Gasteiger charge is 2.12. The van der Waals surface area contributed by atoms with Crippen LogP contribution in [-0.4, -0.2) is 27.4 Å². The number of nitrogens with zero attached hydrogens (tertiary/aromatic N) is 2. The second-order valence-corrected chi connectivity index (χ2v) is 4.58. The minimum atomic E-state index is -1.09. The van der Waals surface area contributed by atoms with E-state index in [0.717, 1.165) is 16.7 Å². The van der Waals surface area contributed by atoms with Gasteiger partial charge in [0.25, 0.3) is 0 Å². The number of carboxylic acids is 1. The molecule has 6 nitrogen and oxygen atoms in total. The summed E-state index contributed by atoms with van der Waals surface area (Å²) in [5, 5.41) is 13.4. The lowest BCUT2D eigenvalue weighted by molar-refractivity contribution is 0.0685. The number of aromatic nitrogens is 2. The summed E-state index contributed by atoms with van der Waals surface area (Å²) >= 11 is 0. The summed E-state index contributed by atoms with van der Waals surface area (Å²) in [5.41, 5.74) is 0.937. The summed E-state index contributed by atoms with van der Waals surface area (Å²) in [6.07, 6.45) is 1.92. The van der Waals surface area contributed by atoms with Crippen LogP contribution < -0.4 is 4.74 Å². The molecule has 1 N–H and O–H groups in total. The fourth-order valence-corrected chi connectivity index (χ4v) is 2.23. The number of carbonyl (C=O) groups is 1. The number of rotatable bonds is 5.